The molecule has 0 saturated carbocycles. The van der Waals surface area contributed by atoms with Gasteiger partial charge in [-0.2, -0.15) is 0 Å². The molecule has 2 atom stereocenters. The molecule has 0 amide bonds. The standard InChI is InChI=1S/C13H21NO/c1-11(7-6-10-15-2)13(14)12-8-4-3-5-9-12/h3-5,8-9,11,13H,6-7,10,14H2,1-2H3. The van der Waals surface area contributed by atoms with E-state index in [1.807, 2.05) is 18.2 Å². The average molecular weight is 207 g/mol. The number of nitrogens with two attached hydrogens (primary N) is 1. The zero-order chi connectivity index (χ0) is 11.1. The van der Waals surface area contributed by atoms with Gasteiger partial charge in [-0.1, -0.05) is 37.3 Å². The molecule has 2 nitrogen and oxygen atoms in total. The van der Waals surface area contributed by atoms with Crippen molar-refractivity contribution >= 4 is 0 Å². The lowest BCUT2D eigenvalue weighted by Crippen LogP contribution is -2.19. The molecule has 0 aliphatic carbocycles. The minimum atomic E-state index is 0.142. The first kappa shape index (κ1) is 12.2. The summed E-state index contributed by atoms with van der Waals surface area (Å²) in [6.45, 7) is 3.03. The van der Waals surface area contributed by atoms with Crippen LogP contribution < -0.4 is 5.73 Å². The number of methoxy groups -OCH3 is 1. The molecule has 0 aliphatic heterocycles. The van der Waals surface area contributed by atoms with Crippen LogP contribution in [0.4, 0.5) is 0 Å². The Morgan fingerprint density at radius 1 is 1.27 bits per heavy atom. The van der Waals surface area contributed by atoms with E-state index >= 15 is 0 Å². The molecule has 0 aromatic heterocycles. The molecule has 0 saturated heterocycles. The molecule has 15 heavy (non-hydrogen) atoms. The highest BCUT2D eigenvalue weighted by Crippen LogP contribution is 2.22. The predicted molar refractivity (Wildman–Crippen MR) is 63.6 cm³/mol. The van der Waals surface area contributed by atoms with Crippen molar-refractivity contribution in [2.24, 2.45) is 11.7 Å². The fourth-order valence-electron chi connectivity index (χ4n) is 1.73. The summed E-state index contributed by atoms with van der Waals surface area (Å²) in [7, 11) is 1.74. The van der Waals surface area contributed by atoms with Gasteiger partial charge in [0.1, 0.15) is 0 Å². The second-order valence-corrected chi connectivity index (χ2v) is 4.05. The van der Waals surface area contributed by atoms with Gasteiger partial charge in [-0.3, -0.25) is 0 Å². The van der Waals surface area contributed by atoms with Gasteiger partial charge in [0.2, 0.25) is 0 Å². The van der Waals surface area contributed by atoms with Gasteiger partial charge in [-0.15, -0.1) is 0 Å². The van der Waals surface area contributed by atoms with Crippen molar-refractivity contribution in [1.82, 2.24) is 0 Å². The van der Waals surface area contributed by atoms with Gasteiger partial charge in [0.25, 0.3) is 0 Å². The number of benzene rings is 1. The molecular weight excluding hydrogens is 186 g/mol. The van der Waals surface area contributed by atoms with Crippen LogP contribution in [0.5, 0.6) is 0 Å². The highest BCUT2D eigenvalue weighted by Gasteiger charge is 2.13. The Labute approximate surface area is 92.4 Å². The molecule has 2 heteroatoms. The highest BCUT2D eigenvalue weighted by molar-refractivity contribution is 5.18. The second kappa shape index (κ2) is 6.59. The molecule has 2 N–H and O–H groups in total. The van der Waals surface area contributed by atoms with Crippen molar-refractivity contribution in [3.63, 3.8) is 0 Å². The lowest BCUT2D eigenvalue weighted by molar-refractivity contribution is 0.185. The minimum absolute atomic E-state index is 0.142. The molecule has 0 heterocycles. The van der Waals surface area contributed by atoms with E-state index in [0.717, 1.165) is 19.4 Å². The molecule has 0 fully saturated rings. The van der Waals surface area contributed by atoms with E-state index in [-0.39, 0.29) is 6.04 Å². The monoisotopic (exact) mass is 207 g/mol. The van der Waals surface area contributed by atoms with E-state index in [0.29, 0.717) is 5.92 Å². The molecule has 84 valence electrons. The first-order valence-electron chi connectivity index (χ1n) is 5.55. The quantitative estimate of drug-likeness (QED) is 0.728. The Balaban J connectivity index is 2.42. The third-order valence-electron chi connectivity index (χ3n) is 2.81. The maximum absolute atomic E-state index is 6.18. The van der Waals surface area contributed by atoms with Gasteiger partial charge >= 0.3 is 0 Å². The van der Waals surface area contributed by atoms with Crippen molar-refractivity contribution in [2.75, 3.05) is 13.7 Å². The predicted octanol–water partition coefficient (Wildman–Crippen LogP) is 2.75. The number of hydrogen-bond donors (Lipinski definition) is 1. The number of rotatable bonds is 6. The van der Waals surface area contributed by atoms with Crippen molar-refractivity contribution in [3.8, 4) is 0 Å². The molecule has 0 aliphatic rings. The fourth-order valence-corrected chi connectivity index (χ4v) is 1.73. The Hall–Kier alpha value is -0.860. The Morgan fingerprint density at radius 2 is 1.93 bits per heavy atom. The van der Waals surface area contributed by atoms with Gasteiger partial charge in [-0.05, 0) is 24.3 Å². The Morgan fingerprint density at radius 3 is 2.53 bits per heavy atom. The van der Waals surface area contributed by atoms with Crippen LogP contribution in [-0.4, -0.2) is 13.7 Å². The molecule has 1 rings (SSSR count). The maximum Gasteiger partial charge on any atom is 0.0462 e. The summed E-state index contributed by atoms with van der Waals surface area (Å²) in [5, 5.41) is 0. The molecule has 2 unspecified atom stereocenters. The van der Waals surface area contributed by atoms with Gasteiger partial charge in [0, 0.05) is 19.8 Å². The van der Waals surface area contributed by atoms with Gasteiger partial charge in [-0.25, -0.2) is 0 Å². The maximum atomic E-state index is 6.18. The van der Waals surface area contributed by atoms with Crippen LogP contribution in [0.1, 0.15) is 31.4 Å². The lowest BCUT2D eigenvalue weighted by Gasteiger charge is -2.20. The summed E-state index contributed by atoms with van der Waals surface area (Å²) in [5.74, 6) is 0.502. The van der Waals surface area contributed by atoms with Crippen molar-refractivity contribution in [1.29, 1.82) is 0 Å². The SMILES string of the molecule is COCCCC(C)C(N)c1ccccc1. The minimum Gasteiger partial charge on any atom is -0.385 e. The van der Waals surface area contributed by atoms with Gasteiger partial charge in [0.15, 0.2) is 0 Å². The van der Waals surface area contributed by atoms with Crippen LogP contribution in [0.15, 0.2) is 30.3 Å². The largest absolute Gasteiger partial charge is 0.385 e. The highest BCUT2D eigenvalue weighted by atomic mass is 16.5. The van der Waals surface area contributed by atoms with E-state index in [2.05, 4.69) is 19.1 Å². The van der Waals surface area contributed by atoms with Crippen molar-refractivity contribution in [3.05, 3.63) is 35.9 Å². The van der Waals surface area contributed by atoms with Crippen molar-refractivity contribution < 1.29 is 4.74 Å². The van der Waals surface area contributed by atoms with E-state index in [9.17, 15) is 0 Å². The average Bonchev–Trinajstić information content (AvgIpc) is 2.29. The van der Waals surface area contributed by atoms with Crippen LogP contribution in [0.25, 0.3) is 0 Å². The van der Waals surface area contributed by atoms with Gasteiger partial charge in [0.05, 0.1) is 0 Å². The first-order chi connectivity index (χ1) is 7.25. The Kier molecular flexibility index (Phi) is 5.37. The summed E-state index contributed by atoms with van der Waals surface area (Å²) in [6.07, 6.45) is 2.20. The van der Waals surface area contributed by atoms with E-state index in [1.165, 1.54) is 5.56 Å². The molecule has 0 bridgehead atoms. The van der Waals surface area contributed by atoms with Crippen LogP contribution in [-0.2, 0) is 4.74 Å². The fraction of sp³-hybridized carbons (Fsp3) is 0.538. The number of ether oxygens (including phenoxy) is 1. The summed E-state index contributed by atoms with van der Waals surface area (Å²) < 4.78 is 5.04. The summed E-state index contributed by atoms with van der Waals surface area (Å²) in [4.78, 5) is 0. The smallest absolute Gasteiger partial charge is 0.0462 e. The van der Waals surface area contributed by atoms with E-state index < -0.39 is 0 Å². The van der Waals surface area contributed by atoms with Crippen molar-refractivity contribution in [2.45, 2.75) is 25.8 Å². The zero-order valence-electron chi connectivity index (χ0n) is 9.65. The first-order valence-corrected chi connectivity index (χ1v) is 5.55. The third kappa shape index (κ3) is 4.02. The van der Waals surface area contributed by atoms with Crippen LogP contribution in [0.2, 0.25) is 0 Å². The van der Waals surface area contributed by atoms with Crippen LogP contribution >= 0.6 is 0 Å². The number of hydrogen-bond acceptors (Lipinski definition) is 2. The molecule has 1 aromatic rings. The third-order valence-corrected chi connectivity index (χ3v) is 2.81. The summed E-state index contributed by atoms with van der Waals surface area (Å²) in [6, 6.07) is 10.4. The molecule has 0 spiro atoms. The summed E-state index contributed by atoms with van der Waals surface area (Å²) in [5.41, 5.74) is 7.40. The zero-order valence-corrected chi connectivity index (χ0v) is 9.65. The lowest BCUT2D eigenvalue weighted by atomic mass is 9.92. The van der Waals surface area contributed by atoms with Crippen LogP contribution in [0.3, 0.4) is 0 Å². The second-order valence-electron chi connectivity index (χ2n) is 4.05. The van der Waals surface area contributed by atoms with Gasteiger partial charge < -0.3 is 10.5 Å². The molecule has 1 aromatic carbocycles. The van der Waals surface area contributed by atoms with Crippen LogP contribution in [0, 0.1) is 5.92 Å². The summed E-state index contributed by atoms with van der Waals surface area (Å²) >= 11 is 0. The van der Waals surface area contributed by atoms with E-state index in [1.54, 1.807) is 7.11 Å². The van der Waals surface area contributed by atoms with E-state index in [4.69, 9.17) is 10.5 Å². The Bertz CT molecular complexity index is 260. The molecule has 0 radical (unpaired) electrons. The topological polar surface area (TPSA) is 35.2 Å². The molecular formula is C13H21NO. The normalized spacial score (nSPS) is 14.9.